The summed E-state index contributed by atoms with van der Waals surface area (Å²) in [5.41, 5.74) is 1.99. The highest BCUT2D eigenvalue weighted by Gasteiger charge is 2.09. The van der Waals surface area contributed by atoms with Gasteiger partial charge in [-0.2, -0.15) is 0 Å². The van der Waals surface area contributed by atoms with Crippen LogP contribution in [-0.2, 0) is 0 Å². The Bertz CT molecular complexity index is 334. The maximum atomic E-state index is 9.99. The molecular formula is C14H21ClO. The van der Waals surface area contributed by atoms with Gasteiger partial charge in [-0.15, -0.1) is 0 Å². The minimum absolute atomic E-state index is 0.378. The zero-order valence-electron chi connectivity index (χ0n) is 10.3. The molecule has 0 fully saturated rings. The second kappa shape index (κ2) is 6.27. The van der Waals surface area contributed by atoms with Crippen molar-refractivity contribution in [2.45, 2.75) is 46.1 Å². The molecule has 1 aromatic carbocycles. The molecule has 1 atom stereocenters. The molecule has 0 heterocycles. The summed E-state index contributed by atoms with van der Waals surface area (Å²) >= 11 is 6.03. The molecule has 0 saturated heterocycles. The van der Waals surface area contributed by atoms with Crippen LogP contribution in [0, 0.1) is 12.8 Å². The number of benzene rings is 1. The molecule has 1 unspecified atom stereocenters. The van der Waals surface area contributed by atoms with Gasteiger partial charge in [-0.3, -0.25) is 0 Å². The third kappa shape index (κ3) is 4.15. The van der Waals surface area contributed by atoms with Gasteiger partial charge < -0.3 is 5.11 Å². The van der Waals surface area contributed by atoms with Gasteiger partial charge in [0.05, 0.1) is 6.10 Å². The summed E-state index contributed by atoms with van der Waals surface area (Å²) in [6.07, 6.45) is 2.66. The molecule has 0 bridgehead atoms. The summed E-state index contributed by atoms with van der Waals surface area (Å²) in [5, 5.41) is 10.7. The highest BCUT2D eigenvalue weighted by atomic mass is 35.5. The number of rotatable bonds is 5. The average molecular weight is 241 g/mol. The first kappa shape index (κ1) is 13.5. The SMILES string of the molecule is Cc1ccc(C(O)CCCC(C)C)cc1Cl. The van der Waals surface area contributed by atoms with Crippen molar-refractivity contribution in [3.8, 4) is 0 Å². The van der Waals surface area contributed by atoms with Crippen LogP contribution in [-0.4, -0.2) is 5.11 Å². The third-order valence-electron chi connectivity index (χ3n) is 2.84. The van der Waals surface area contributed by atoms with Gasteiger partial charge >= 0.3 is 0 Å². The van der Waals surface area contributed by atoms with Crippen LogP contribution in [0.1, 0.15) is 50.3 Å². The highest BCUT2D eigenvalue weighted by molar-refractivity contribution is 6.31. The standard InChI is InChI=1S/C14H21ClO/c1-10(2)5-4-6-14(16)12-8-7-11(3)13(15)9-12/h7-10,14,16H,4-6H2,1-3H3. The summed E-state index contributed by atoms with van der Waals surface area (Å²) in [6.45, 7) is 6.38. The van der Waals surface area contributed by atoms with Crippen molar-refractivity contribution in [2.75, 3.05) is 0 Å². The Hall–Kier alpha value is -0.530. The van der Waals surface area contributed by atoms with Gasteiger partial charge in [-0.25, -0.2) is 0 Å². The van der Waals surface area contributed by atoms with Crippen molar-refractivity contribution in [1.29, 1.82) is 0 Å². The summed E-state index contributed by atoms with van der Waals surface area (Å²) in [6, 6.07) is 5.79. The van der Waals surface area contributed by atoms with Gasteiger partial charge in [-0.1, -0.05) is 50.4 Å². The van der Waals surface area contributed by atoms with E-state index in [2.05, 4.69) is 13.8 Å². The molecule has 0 spiro atoms. The summed E-state index contributed by atoms with van der Waals surface area (Å²) < 4.78 is 0. The van der Waals surface area contributed by atoms with Crippen LogP contribution in [0.25, 0.3) is 0 Å². The topological polar surface area (TPSA) is 20.2 Å². The molecule has 0 radical (unpaired) electrons. The van der Waals surface area contributed by atoms with Gasteiger partial charge in [0.15, 0.2) is 0 Å². The molecule has 0 aliphatic carbocycles. The van der Waals surface area contributed by atoms with Crippen LogP contribution in [0.15, 0.2) is 18.2 Å². The quantitative estimate of drug-likeness (QED) is 0.803. The fourth-order valence-corrected chi connectivity index (χ4v) is 1.89. The largest absolute Gasteiger partial charge is 0.388 e. The van der Waals surface area contributed by atoms with E-state index in [1.807, 2.05) is 25.1 Å². The molecule has 2 heteroatoms. The molecular weight excluding hydrogens is 220 g/mol. The lowest BCUT2D eigenvalue weighted by atomic mass is 9.99. The van der Waals surface area contributed by atoms with Crippen LogP contribution < -0.4 is 0 Å². The van der Waals surface area contributed by atoms with E-state index < -0.39 is 0 Å². The Morgan fingerprint density at radius 1 is 1.25 bits per heavy atom. The number of hydrogen-bond donors (Lipinski definition) is 1. The van der Waals surface area contributed by atoms with Gasteiger partial charge in [0.1, 0.15) is 0 Å². The second-order valence-corrected chi connectivity index (χ2v) is 5.26. The molecule has 1 aromatic rings. The number of aliphatic hydroxyl groups is 1. The van der Waals surface area contributed by atoms with E-state index in [0.29, 0.717) is 5.92 Å². The van der Waals surface area contributed by atoms with Crippen molar-refractivity contribution in [2.24, 2.45) is 5.92 Å². The zero-order valence-corrected chi connectivity index (χ0v) is 11.1. The van der Waals surface area contributed by atoms with Crippen LogP contribution in [0.5, 0.6) is 0 Å². The van der Waals surface area contributed by atoms with E-state index in [-0.39, 0.29) is 6.10 Å². The molecule has 0 aliphatic rings. The Balaban J connectivity index is 2.52. The predicted molar refractivity (Wildman–Crippen MR) is 69.8 cm³/mol. The summed E-state index contributed by atoms with van der Waals surface area (Å²) in [7, 11) is 0. The Morgan fingerprint density at radius 2 is 1.94 bits per heavy atom. The van der Waals surface area contributed by atoms with Crippen molar-refractivity contribution in [3.05, 3.63) is 34.3 Å². The lowest BCUT2D eigenvalue weighted by Crippen LogP contribution is -1.99. The maximum Gasteiger partial charge on any atom is 0.0790 e. The number of hydrogen-bond acceptors (Lipinski definition) is 1. The van der Waals surface area contributed by atoms with Gasteiger partial charge in [-0.05, 0) is 36.5 Å². The first-order chi connectivity index (χ1) is 7.50. The summed E-state index contributed by atoms with van der Waals surface area (Å²) in [5.74, 6) is 0.703. The van der Waals surface area contributed by atoms with Crippen LogP contribution in [0.3, 0.4) is 0 Å². The van der Waals surface area contributed by atoms with E-state index in [0.717, 1.165) is 35.4 Å². The van der Waals surface area contributed by atoms with Crippen molar-refractivity contribution in [3.63, 3.8) is 0 Å². The third-order valence-corrected chi connectivity index (χ3v) is 3.25. The van der Waals surface area contributed by atoms with E-state index in [1.54, 1.807) is 0 Å². The fraction of sp³-hybridized carbons (Fsp3) is 0.571. The molecule has 0 amide bonds. The van der Waals surface area contributed by atoms with Crippen LogP contribution in [0.4, 0.5) is 0 Å². The average Bonchev–Trinajstić information content (AvgIpc) is 2.21. The number of aliphatic hydroxyl groups excluding tert-OH is 1. The fourth-order valence-electron chi connectivity index (χ4n) is 1.70. The van der Waals surface area contributed by atoms with E-state index in [1.165, 1.54) is 0 Å². The number of halogens is 1. The first-order valence-corrected chi connectivity index (χ1v) is 6.32. The minimum Gasteiger partial charge on any atom is -0.388 e. The normalized spacial score (nSPS) is 13.1. The van der Waals surface area contributed by atoms with Crippen molar-refractivity contribution >= 4 is 11.6 Å². The Morgan fingerprint density at radius 3 is 2.50 bits per heavy atom. The predicted octanol–water partition coefficient (Wildman–Crippen LogP) is 4.51. The van der Waals surface area contributed by atoms with E-state index in [9.17, 15) is 5.11 Å². The van der Waals surface area contributed by atoms with E-state index >= 15 is 0 Å². The Kier molecular flexibility index (Phi) is 5.30. The van der Waals surface area contributed by atoms with Crippen molar-refractivity contribution in [1.82, 2.24) is 0 Å². The monoisotopic (exact) mass is 240 g/mol. The first-order valence-electron chi connectivity index (χ1n) is 5.95. The molecule has 90 valence electrons. The zero-order chi connectivity index (χ0) is 12.1. The lowest BCUT2D eigenvalue weighted by Gasteiger charge is -2.12. The molecule has 1 N–H and O–H groups in total. The van der Waals surface area contributed by atoms with Gasteiger partial charge in [0.25, 0.3) is 0 Å². The van der Waals surface area contributed by atoms with Crippen LogP contribution in [0.2, 0.25) is 5.02 Å². The highest BCUT2D eigenvalue weighted by Crippen LogP contribution is 2.25. The maximum absolute atomic E-state index is 9.99. The van der Waals surface area contributed by atoms with Gasteiger partial charge in [0.2, 0.25) is 0 Å². The van der Waals surface area contributed by atoms with Gasteiger partial charge in [0, 0.05) is 5.02 Å². The van der Waals surface area contributed by atoms with E-state index in [4.69, 9.17) is 11.6 Å². The van der Waals surface area contributed by atoms with Crippen LogP contribution >= 0.6 is 11.6 Å². The molecule has 0 aliphatic heterocycles. The molecule has 16 heavy (non-hydrogen) atoms. The summed E-state index contributed by atoms with van der Waals surface area (Å²) in [4.78, 5) is 0. The molecule has 1 nitrogen and oxygen atoms in total. The number of aryl methyl sites for hydroxylation is 1. The smallest absolute Gasteiger partial charge is 0.0790 e. The van der Waals surface area contributed by atoms with Crippen molar-refractivity contribution < 1.29 is 5.11 Å². The second-order valence-electron chi connectivity index (χ2n) is 4.85. The molecule has 0 saturated carbocycles. The lowest BCUT2D eigenvalue weighted by molar-refractivity contribution is 0.162. The minimum atomic E-state index is -0.378. The molecule has 0 aromatic heterocycles. The Labute approximate surface area is 103 Å². The molecule has 1 rings (SSSR count).